The Morgan fingerprint density at radius 3 is 2.42 bits per heavy atom. The van der Waals surface area contributed by atoms with Crippen LogP contribution in [0.2, 0.25) is 0 Å². The molecule has 5 nitrogen and oxygen atoms in total. The average Bonchev–Trinajstić information content (AvgIpc) is 2.95. The lowest BCUT2D eigenvalue weighted by molar-refractivity contribution is -0.384. The molecule has 0 aliphatic carbocycles. The second-order valence-electron chi connectivity index (χ2n) is 5.75. The predicted molar refractivity (Wildman–Crippen MR) is 96.9 cm³/mol. The Hall–Kier alpha value is -2.47. The van der Waals surface area contributed by atoms with Gasteiger partial charge in [-0.15, -0.1) is 11.3 Å². The lowest BCUT2D eigenvalue weighted by Crippen LogP contribution is -2.34. The van der Waals surface area contributed by atoms with Crippen LogP contribution in [-0.2, 0) is 11.3 Å². The summed E-state index contributed by atoms with van der Waals surface area (Å²) in [6, 6.07) is 10.3. The van der Waals surface area contributed by atoms with Gasteiger partial charge in [0.15, 0.2) is 0 Å². The standard InChI is InChI=1S/C18H20N2O3S/c1-13(2)19(12-17-10-4-14(3)24-17)18(21)11-7-15-5-8-16(9-6-15)20(22)23/h4-11,13H,12H2,1-3H3. The Kier molecular flexibility index (Phi) is 5.87. The number of hydrogen-bond acceptors (Lipinski definition) is 4. The number of non-ortho nitro benzene ring substituents is 1. The SMILES string of the molecule is Cc1ccc(CN(C(=O)C=Cc2ccc([N+](=O)[O-])cc2)C(C)C)s1. The zero-order valence-corrected chi connectivity index (χ0v) is 14.7. The van der Waals surface area contributed by atoms with Crippen molar-refractivity contribution >= 4 is 29.0 Å². The third-order valence-electron chi connectivity index (χ3n) is 3.55. The molecule has 6 heteroatoms. The first-order valence-corrected chi connectivity index (χ1v) is 8.47. The van der Waals surface area contributed by atoms with Crippen LogP contribution < -0.4 is 0 Å². The second-order valence-corrected chi connectivity index (χ2v) is 7.13. The van der Waals surface area contributed by atoms with Gasteiger partial charge in [0.25, 0.3) is 5.69 Å². The Morgan fingerprint density at radius 2 is 1.92 bits per heavy atom. The smallest absolute Gasteiger partial charge is 0.269 e. The van der Waals surface area contributed by atoms with Crippen LogP contribution in [0.3, 0.4) is 0 Å². The molecule has 0 unspecified atom stereocenters. The van der Waals surface area contributed by atoms with Gasteiger partial charge >= 0.3 is 0 Å². The molecule has 0 saturated heterocycles. The molecule has 0 spiro atoms. The van der Waals surface area contributed by atoms with Crippen molar-refractivity contribution in [2.24, 2.45) is 0 Å². The van der Waals surface area contributed by atoms with Gasteiger partial charge in [0.05, 0.1) is 11.5 Å². The molecule has 0 aliphatic heterocycles. The predicted octanol–water partition coefficient (Wildman–Crippen LogP) is 4.42. The maximum atomic E-state index is 12.5. The molecule has 0 aliphatic rings. The highest BCUT2D eigenvalue weighted by atomic mass is 32.1. The van der Waals surface area contributed by atoms with Crippen LogP contribution in [0.4, 0.5) is 5.69 Å². The molecule has 24 heavy (non-hydrogen) atoms. The Morgan fingerprint density at radius 1 is 1.25 bits per heavy atom. The molecule has 0 N–H and O–H groups in total. The first-order valence-electron chi connectivity index (χ1n) is 7.65. The highest BCUT2D eigenvalue weighted by Crippen LogP contribution is 2.19. The van der Waals surface area contributed by atoms with Gasteiger partial charge in [-0.05, 0) is 56.7 Å². The maximum absolute atomic E-state index is 12.5. The summed E-state index contributed by atoms with van der Waals surface area (Å²) in [5.74, 6) is -0.0746. The number of aryl methyl sites for hydroxylation is 1. The van der Waals surface area contributed by atoms with Crippen LogP contribution in [-0.4, -0.2) is 21.8 Å². The second kappa shape index (κ2) is 7.88. The van der Waals surface area contributed by atoms with Crippen LogP contribution in [0.5, 0.6) is 0 Å². The summed E-state index contributed by atoms with van der Waals surface area (Å²) in [4.78, 5) is 26.9. The van der Waals surface area contributed by atoms with Crippen LogP contribution in [0.15, 0.2) is 42.5 Å². The number of amides is 1. The number of carbonyl (C=O) groups excluding carboxylic acids is 1. The van der Waals surface area contributed by atoms with Crippen LogP contribution in [0, 0.1) is 17.0 Å². The first kappa shape index (κ1) is 17.9. The quantitative estimate of drug-likeness (QED) is 0.443. The summed E-state index contributed by atoms with van der Waals surface area (Å²) in [7, 11) is 0. The number of benzene rings is 1. The highest BCUT2D eigenvalue weighted by Gasteiger charge is 2.15. The minimum absolute atomic E-state index is 0.0374. The summed E-state index contributed by atoms with van der Waals surface area (Å²) >= 11 is 1.69. The van der Waals surface area contributed by atoms with Crippen molar-refractivity contribution in [3.63, 3.8) is 0 Å². The molecule has 2 aromatic rings. The third kappa shape index (κ3) is 4.76. The fourth-order valence-corrected chi connectivity index (χ4v) is 3.11. The highest BCUT2D eigenvalue weighted by molar-refractivity contribution is 7.11. The molecule has 1 aromatic heterocycles. The fraction of sp³-hybridized carbons (Fsp3) is 0.278. The van der Waals surface area contributed by atoms with Crippen molar-refractivity contribution in [3.05, 3.63) is 67.9 Å². The lowest BCUT2D eigenvalue weighted by Gasteiger charge is -2.25. The molecule has 0 atom stereocenters. The molecular weight excluding hydrogens is 324 g/mol. The molecule has 0 bridgehead atoms. The van der Waals surface area contributed by atoms with E-state index in [0.717, 1.165) is 10.4 Å². The van der Waals surface area contributed by atoms with E-state index in [2.05, 4.69) is 6.07 Å². The number of carbonyl (C=O) groups is 1. The topological polar surface area (TPSA) is 63.5 Å². The summed E-state index contributed by atoms with van der Waals surface area (Å²) in [6.45, 7) is 6.60. The lowest BCUT2D eigenvalue weighted by atomic mass is 10.2. The van der Waals surface area contributed by atoms with E-state index < -0.39 is 4.92 Å². The van der Waals surface area contributed by atoms with Crippen molar-refractivity contribution in [1.29, 1.82) is 0 Å². The molecule has 0 saturated carbocycles. The molecule has 0 fully saturated rings. The number of rotatable bonds is 6. The summed E-state index contributed by atoms with van der Waals surface area (Å²) in [6.07, 6.45) is 3.20. The van der Waals surface area contributed by atoms with Crippen molar-refractivity contribution in [2.75, 3.05) is 0 Å². The minimum Gasteiger partial charge on any atom is -0.332 e. The summed E-state index contributed by atoms with van der Waals surface area (Å²) in [5, 5.41) is 10.6. The minimum atomic E-state index is -0.442. The van der Waals surface area contributed by atoms with Gasteiger partial charge in [0, 0.05) is 34.0 Å². The van der Waals surface area contributed by atoms with E-state index in [1.165, 1.54) is 23.1 Å². The van der Waals surface area contributed by atoms with E-state index in [0.29, 0.717) is 6.54 Å². The van der Waals surface area contributed by atoms with E-state index in [1.807, 2.05) is 26.8 Å². The molecule has 1 amide bonds. The molecule has 2 rings (SSSR count). The number of hydrogen-bond donors (Lipinski definition) is 0. The summed E-state index contributed by atoms with van der Waals surface area (Å²) < 4.78 is 0. The Balaban J connectivity index is 2.07. The first-order chi connectivity index (χ1) is 11.4. The fourth-order valence-electron chi connectivity index (χ4n) is 2.22. The summed E-state index contributed by atoms with van der Waals surface area (Å²) in [5.41, 5.74) is 0.792. The third-order valence-corrected chi connectivity index (χ3v) is 4.54. The maximum Gasteiger partial charge on any atom is 0.269 e. The molecule has 126 valence electrons. The average molecular weight is 344 g/mol. The zero-order chi connectivity index (χ0) is 17.7. The van der Waals surface area contributed by atoms with Gasteiger partial charge < -0.3 is 4.90 Å². The van der Waals surface area contributed by atoms with E-state index in [-0.39, 0.29) is 17.6 Å². The largest absolute Gasteiger partial charge is 0.332 e. The van der Waals surface area contributed by atoms with E-state index in [1.54, 1.807) is 34.4 Å². The molecule has 0 radical (unpaired) electrons. The van der Waals surface area contributed by atoms with Crippen molar-refractivity contribution < 1.29 is 9.72 Å². The number of thiophene rings is 1. The monoisotopic (exact) mass is 344 g/mol. The van der Waals surface area contributed by atoms with Crippen molar-refractivity contribution in [2.45, 2.75) is 33.4 Å². The van der Waals surface area contributed by atoms with E-state index in [9.17, 15) is 14.9 Å². The number of nitro groups is 1. The molecule has 1 heterocycles. The van der Waals surface area contributed by atoms with Crippen LogP contribution >= 0.6 is 11.3 Å². The normalized spacial score (nSPS) is 11.2. The van der Waals surface area contributed by atoms with Gasteiger partial charge in [0.1, 0.15) is 0 Å². The van der Waals surface area contributed by atoms with Gasteiger partial charge in [-0.25, -0.2) is 0 Å². The zero-order valence-electron chi connectivity index (χ0n) is 13.9. The van der Waals surface area contributed by atoms with Crippen molar-refractivity contribution in [3.8, 4) is 0 Å². The van der Waals surface area contributed by atoms with Gasteiger partial charge in [-0.3, -0.25) is 14.9 Å². The Labute approximate surface area is 145 Å². The van der Waals surface area contributed by atoms with Gasteiger partial charge in [-0.1, -0.05) is 0 Å². The Bertz CT molecular complexity index is 748. The van der Waals surface area contributed by atoms with Gasteiger partial charge in [-0.2, -0.15) is 0 Å². The van der Waals surface area contributed by atoms with Crippen molar-refractivity contribution in [1.82, 2.24) is 4.90 Å². The molecule has 1 aromatic carbocycles. The van der Waals surface area contributed by atoms with Crippen LogP contribution in [0.1, 0.15) is 29.2 Å². The molecular formula is C18H20N2O3S. The number of nitro benzene ring substituents is 1. The van der Waals surface area contributed by atoms with E-state index >= 15 is 0 Å². The van der Waals surface area contributed by atoms with Crippen LogP contribution in [0.25, 0.3) is 6.08 Å². The van der Waals surface area contributed by atoms with E-state index in [4.69, 9.17) is 0 Å². The van der Waals surface area contributed by atoms with Gasteiger partial charge in [0.2, 0.25) is 5.91 Å². The number of nitrogens with zero attached hydrogens (tertiary/aromatic N) is 2.